The number of carboxylic acids is 1. The van der Waals surface area contributed by atoms with Crippen molar-refractivity contribution in [2.75, 3.05) is 26.7 Å². The molecular formula is C31H38Cl2N2O4. The van der Waals surface area contributed by atoms with E-state index in [1.165, 1.54) is 0 Å². The van der Waals surface area contributed by atoms with Crippen LogP contribution in [0.5, 0.6) is 5.75 Å². The van der Waals surface area contributed by atoms with Crippen LogP contribution in [0.25, 0.3) is 10.9 Å². The fraction of sp³-hybridized carbons (Fsp3) is 0.484. The molecule has 1 saturated heterocycles. The Balaban J connectivity index is 1.32. The monoisotopic (exact) mass is 572 g/mol. The zero-order chi connectivity index (χ0) is 27.8. The largest absolute Gasteiger partial charge is 0.497 e. The third-order valence-electron chi connectivity index (χ3n) is 8.07. The summed E-state index contributed by atoms with van der Waals surface area (Å²) in [5.41, 5.74) is 2.70. The van der Waals surface area contributed by atoms with Gasteiger partial charge >= 0.3 is 5.97 Å². The molecule has 0 amide bonds. The predicted octanol–water partition coefficient (Wildman–Crippen LogP) is 7.19. The van der Waals surface area contributed by atoms with Crippen molar-refractivity contribution in [3.05, 3.63) is 69.8 Å². The number of methoxy groups -OCH3 is 1. The van der Waals surface area contributed by atoms with Crippen LogP contribution in [-0.2, 0) is 11.2 Å². The maximum Gasteiger partial charge on any atom is 0.303 e. The van der Waals surface area contributed by atoms with Gasteiger partial charge in [-0.1, -0.05) is 29.3 Å². The molecule has 4 rings (SSSR count). The van der Waals surface area contributed by atoms with Crippen LogP contribution in [0.1, 0.15) is 62.2 Å². The van der Waals surface area contributed by atoms with Crippen molar-refractivity contribution in [3.63, 3.8) is 0 Å². The van der Waals surface area contributed by atoms with E-state index in [2.05, 4.69) is 9.88 Å². The summed E-state index contributed by atoms with van der Waals surface area (Å²) in [5, 5.41) is 22.8. The number of aliphatic hydroxyl groups is 1. The summed E-state index contributed by atoms with van der Waals surface area (Å²) < 4.78 is 5.38. The predicted molar refractivity (Wildman–Crippen MR) is 157 cm³/mol. The van der Waals surface area contributed by atoms with Crippen molar-refractivity contribution >= 4 is 40.1 Å². The summed E-state index contributed by atoms with van der Waals surface area (Å²) in [5.74, 6) is 0.675. The molecule has 6 nitrogen and oxygen atoms in total. The van der Waals surface area contributed by atoms with E-state index in [0.29, 0.717) is 24.7 Å². The number of likely N-dealkylation sites (tertiary alicyclic amines) is 1. The number of hydrogen-bond donors (Lipinski definition) is 2. The quantitative estimate of drug-likeness (QED) is 0.211. The zero-order valence-electron chi connectivity index (χ0n) is 22.5. The Morgan fingerprint density at radius 2 is 1.92 bits per heavy atom. The molecule has 0 bridgehead atoms. The van der Waals surface area contributed by atoms with Gasteiger partial charge in [0.25, 0.3) is 0 Å². The molecule has 0 spiro atoms. The highest BCUT2D eigenvalue weighted by Crippen LogP contribution is 2.35. The molecule has 3 aromatic rings. The van der Waals surface area contributed by atoms with Crippen molar-refractivity contribution in [3.8, 4) is 5.75 Å². The van der Waals surface area contributed by atoms with E-state index in [0.717, 1.165) is 89.6 Å². The average molecular weight is 574 g/mol. The van der Waals surface area contributed by atoms with Crippen LogP contribution >= 0.6 is 23.2 Å². The Kier molecular flexibility index (Phi) is 10.9. The molecule has 2 aromatic carbocycles. The Labute approximate surface area is 240 Å². The second kappa shape index (κ2) is 14.3. The minimum atomic E-state index is -0.750. The lowest BCUT2D eigenvalue weighted by molar-refractivity contribution is -0.137. The van der Waals surface area contributed by atoms with Crippen molar-refractivity contribution in [1.29, 1.82) is 0 Å². The van der Waals surface area contributed by atoms with Crippen molar-refractivity contribution in [2.45, 2.75) is 57.5 Å². The standard InChI is InChI=1S/C31H38Cl2N2O4/c1-39-23-10-11-29-26(19-23)24(14-16-34-29)30(36)12-8-21-15-18-35(20-22(21)9-13-31(37)38)17-3-2-5-25-27(32)6-4-7-28(25)33/h4,6-7,10-11,14,16,19,21-22,30,36H,2-3,5,8-9,12-13,15,17-18,20H2,1H3,(H,37,38)/t21?,22?,30-/m0/s1. The molecule has 1 aliphatic heterocycles. The van der Waals surface area contributed by atoms with E-state index in [-0.39, 0.29) is 6.42 Å². The fourth-order valence-electron chi connectivity index (χ4n) is 5.88. The smallest absolute Gasteiger partial charge is 0.303 e. The SMILES string of the molecule is COc1ccc2nccc([C@@H](O)CCC3CCN(CCCCc4c(Cl)cccc4Cl)CC3CCC(=O)O)c2c1. The lowest BCUT2D eigenvalue weighted by Gasteiger charge is -2.39. The van der Waals surface area contributed by atoms with Gasteiger partial charge in [-0.3, -0.25) is 9.78 Å². The fourth-order valence-corrected chi connectivity index (χ4v) is 6.46. The van der Waals surface area contributed by atoms with Gasteiger partial charge in [0.1, 0.15) is 5.75 Å². The number of piperidine rings is 1. The molecular weight excluding hydrogens is 535 g/mol. The Morgan fingerprint density at radius 3 is 2.67 bits per heavy atom. The highest BCUT2D eigenvalue weighted by molar-refractivity contribution is 6.35. The van der Waals surface area contributed by atoms with Crippen LogP contribution in [-0.4, -0.2) is 52.8 Å². The van der Waals surface area contributed by atoms with E-state index >= 15 is 0 Å². The Morgan fingerprint density at radius 1 is 1.13 bits per heavy atom. The minimum Gasteiger partial charge on any atom is -0.497 e. The first-order valence-electron chi connectivity index (χ1n) is 13.8. The molecule has 39 heavy (non-hydrogen) atoms. The normalized spacial score (nSPS) is 18.8. The number of ether oxygens (including phenoxy) is 1. The topological polar surface area (TPSA) is 82.9 Å². The summed E-state index contributed by atoms with van der Waals surface area (Å²) in [7, 11) is 1.63. The summed E-state index contributed by atoms with van der Waals surface area (Å²) in [6.07, 6.45) is 7.35. The summed E-state index contributed by atoms with van der Waals surface area (Å²) in [6.45, 7) is 2.87. The minimum absolute atomic E-state index is 0.178. The molecule has 3 atom stereocenters. The number of aliphatic carboxylic acids is 1. The van der Waals surface area contributed by atoms with Gasteiger partial charge in [-0.2, -0.15) is 0 Å². The molecule has 2 heterocycles. The van der Waals surface area contributed by atoms with E-state index in [4.69, 9.17) is 27.9 Å². The molecule has 0 aliphatic carbocycles. The lowest BCUT2D eigenvalue weighted by atomic mass is 9.79. The van der Waals surface area contributed by atoms with Gasteiger partial charge < -0.3 is 19.8 Å². The van der Waals surface area contributed by atoms with Crippen LogP contribution in [0.15, 0.2) is 48.7 Å². The first kappa shape index (κ1) is 29.6. The van der Waals surface area contributed by atoms with Crippen molar-refractivity contribution in [2.24, 2.45) is 11.8 Å². The van der Waals surface area contributed by atoms with Crippen LogP contribution < -0.4 is 4.74 Å². The maximum atomic E-state index is 11.4. The Hall–Kier alpha value is -2.38. The average Bonchev–Trinajstić information content (AvgIpc) is 2.93. The number of fused-ring (bicyclic) bond motifs is 1. The first-order chi connectivity index (χ1) is 18.9. The molecule has 1 aromatic heterocycles. The molecule has 0 radical (unpaired) electrons. The third kappa shape index (κ3) is 8.07. The number of hydrogen-bond acceptors (Lipinski definition) is 5. The first-order valence-corrected chi connectivity index (χ1v) is 14.6. The number of aromatic nitrogens is 1. The van der Waals surface area contributed by atoms with Gasteiger partial charge in [0.2, 0.25) is 0 Å². The number of halogens is 2. The van der Waals surface area contributed by atoms with E-state index in [1.807, 2.05) is 42.5 Å². The maximum absolute atomic E-state index is 11.4. The highest BCUT2D eigenvalue weighted by Gasteiger charge is 2.30. The van der Waals surface area contributed by atoms with Gasteiger partial charge in [-0.15, -0.1) is 0 Å². The van der Waals surface area contributed by atoms with Gasteiger partial charge in [-0.05, 0) is 117 Å². The van der Waals surface area contributed by atoms with Gasteiger partial charge in [0, 0.05) is 34.6 Å². The zero-order valence-corrected chi connectivity index (χ0v) is 24.0. The summed E-state index contributed by atoms with van der Waals surface area (Å²) >= 11 is 12.6. The van der Waals surface area contributed by atoms with Gasteiger partial charge in [0.05, 0.1) is 18.7 Å². The second-order valence-electron chi connectivity index (χ2n) is 10.6. The summed E-state index contributed by atoms with van der Waals surface area (Å²) in [4.78, 5) is 18.3. The van der Waals surface area contributed by atoms with Crippen molar-refractivity contribution < 1.29 is 19.7 Å². The van der Waals surface area contributed by atoms with E-state index in [1.54, 1.807) is 13.3 Å². The number of carbonyl (C=O) groups is 1. The molecule has 1 fully saturated rings. The number of unbranched alkanes of at least 4 members (excludes halogenated alkanes) is 1. The molecule has 210 valence electrons. The molecule has 2 N–H and O–H groups in total. The highest BCUT2D eigenvalue weighted by atomic mass is 35.5. The van der Waals surface area contributed by atoms with Crippen LogP contribution in [0.3, 0.4) is 0 Å². The molecule has 0 saturated carbocycles. The molecule has 2 unspecified atom stereocenters. The number of rotatable bonds is 13. The Bertz CT molecular complexity index is 1230. The van der Waals surface area contributed by atoms with E-state index < -0.39 is 12.1 Å². The number of benzene rings is 2. The number of carboxylic acid groups (broad SMARTS) is 1. The van der Waals surface area contributed by atoms with Gasteiger partial charge in [-0.25, -0.2) is 0 Å². The summed E-state index contributed by atoms with van der Waals surface area (Å²) in [6, 6.07) is 13.2. The van der Waals surface area contributed by atoms with Gasteiger partial charge in [0.15, 0.2) is 0 Å². The molecule has 8 heteroatoms. The number of pyridine rings is 1. The number of nitrogens with zero attached hydrogens (tertiary/aromatic N) is 2. The third-order valence-corrected chi connectivity index (χ3v) is 8.78. The van der Waals surface area contributed by atoms with Crippen LogP contribution in [0.2, 0.25) is 10.0 Å². The van der Waals surface area contributed by atoms with Crippen LogP contribution in [0, 0.1) is 11.8 Å². The molecule has 1 aliphatic rings. The van der Waals surface area contributed by atoms with Crippen molar-refractivity contribution in [1.82, 2.24) is 9.88 Å². The second-order valence-corrected chi connectivity index (χ2v) is 11.4. The lowest BCUT2D eigenvalue weighted by Crippen LogP contribution is -2.41. The van der Waals surface area contributed by atoms with Crippen LogP contribution in [0.4, 0.5) is 0 Å². The number of aliphatic hydroxyl groups excluding tert-OH is 1. The van der Waals surface area contributed by atoms with E-state index in [9.17, 15) is 15.0 Å².